The summed E-state index contributed by atoms with van der Waals surface area (Å²) in [5.41, 5.74) is 1.82. The second-order valence-electron chi connectivity index (χ2n) is 6.21. The molecule has 0 saturated carbocycles. The van der Waals surface area contributed by atoms with Crippen LogP contribution in [0, 0.1) is 5.92 Å². The van der Waals surface area contributed by atoms with Gasteiger partial charge in [-0.1, -0.05) is 44.2 Å². The highest BCUT2D eigenvalue weighted by Crippen LogP contribution is 2.20. The molecule has 0 fully saturated rings. The number of hydrogen-bond donors (Lipinski definition) is 2. The molecule has 0 bridgehead atoms. The predicted octanol–water partition coefficient (Wildman–Crippen LogP) is 4.13. The van der Waals surface area contributed by atoms with Gasteiger partial charge in [0.2, 0.25) is 11.9 Å². The Morgan fingerprint density at radius 1 is 0.800 bits per heavy atom. The highest BCUT2D eigenvalue weighted by molar-refractivity contribution is 5.60. The second-order valence-corrected chi connectivity index (χ2v) is 6.21. The van der Waals surface area contributed by atoms with E-state index in [1.807, 2.05) is 42.5 Å². The Morgan fingerprint density at radius 3 is 2.16 bits per heavy atom. The highest BCUT2D eigenvalue weighted by atomic mass is 15.2. The first kappa shape index (κ1) is 16.8. The number of anilines is 3. The molecule has 1 unspecified atom stereocenters. The monoisotopic (exact) mass is 334 g/mol. The van der Waals surface area contributed by atoms with E-state index in [9.17, 15) is 0 Å². The number of aromatic nitrogens is 4. The van der Waals surface area contributed by atoms with Gasteiger partial charge in [-0.15, -0.1) is 0 Å². The molecule has 25 heavy (non-hydrogen) atoms. The van der Waals surface area contributed by atoms with Crippen LogP contribution in [-0.4, -0.2) is 26.0 Å². The summed E-state index contributed by atoms with van der Waals surface area (Å²) in [6.45, 7) is 6.44. The van der Waals surface area contributed by atoms with Crippen LogP contribution in [0.2, 0.25) is 0 Å². The average Bonchev–Trinajstić information content (AvgIpc) is 2.63. The van der Waals surface area contributed by atoms with Gasteiger partial charge in [-0.05, 0) is 25.0 Å². The van der Waals surface area contributed by atoms with Crippen LogP contribution in [0.25, 0.3) is 11.4 Å². The van der Waals surface area contributed by atoms with Crippen LogP contribution in [0.15, 0.2) is 54.9 Å². The number of benzene rings is 1. The van der Waals surface area contributed by atoms with Gasteiger partial charge in [0.25, 0.3) is 0 Å². The Morgan fingerprint density at radius 2 is 1.48 bits per heavy atom. The SMILES string of the molecule is CC(C)C(C)Nc1nc(Nc2ccncc2)nc(-c2ccccc2)n1. The first-order valence-electron chi connectivity index (χ1n) is 8.37. The van der Waals surface area contributed by atoms with E-state index in [1.54, 1.807) is 12.4 Å². The molecule has 0 aliphatic rings. The molecule has 0 amide bonds. The summed E-state index contributed by atoms with van der Waals surface area (Å²) in [4.78, 5) is 17.7. The van der Waals surface area contributed by atoms with E-state index in [-0.39, 0.29) is 6.04 Å². The molecule has 1 atom stereocenters. The zero-order chi connectivity index (χ0) is 17.6. The van der Waals surface area contributed by atoms with Crippen molar-refractivity contribution in [3.63, 3.8) is 0 Å². The van der Waals surface area contributed by atoms with Crippen molar-refractivity contribution in [2.24, 2.45) is 5.92 Å². The van der Waals surface area contributed by atoms with Gasteiger partial charge < -0.3 is 10.6 Å². The van der Waals surface area contributed by atoms with Crippen molar-refractivity contribution in [1.29, 1.82) is 0 Å². The molecular weight excluding hydrogens is 312 g/mol. The van der Waals surface area contributed by atoms with Gasteiger partial charge in [0.1, 0.15) is 0 Å². The standard InChI is InChI=1S/C19H22N6/c1-13(2)14(3)21-18-23-17(15-7-5-4-6-8-15)24-19(25-18)22-16-9-11-20-12-10-16/h4-14H,1-3H3,(H2,20,21,22,23,24,25). The molecule has 2 N–H and O–H groups in total. The summed E-state index contributed by atoms with van der Waals surface area (Å²) < 4.78 is 0. The zero-order valence-electron chi connectivity index (χ0n) is 14.6. The Labute approximate surface area is 147 Å². The maximum absolute atomic E-state index is 4.58. The molecule has 6 nitrogen and oxygen atoms in total. The van der Waals surface area contributed by atoms with Crippen molar-refractivity contribution in [2.45, 2.75) is 26.8 Å². The third-order valence-corrected chi connectivity index (χ3v) is 3.96. The third-order valence-electron chi connectivity index (χ3n) is 3.96. The molecule has 3 rings (SSSR count). The molecule has 2 heterocycles. The van der Waals surface area contributed by atoms with Crippen molar-refractivity contribution in [2.75, 3.05) is 10.6 Å². The van der Waals surface area contributed by atoms with Gasteiger partial charge in [-0.2, -0.15) is 15.0 Å². The Kier molecular flexibility index (Phi) is 5.18. The van der Waals surface area contributed by atoms with Crippen molar-refractivity contribution >= 4 is 17.6 Å². The molecule has 0 spiro atoms. The minimum Gasteiger partial charge on any atom is -0.351 e. The van der Waals surface area contributed by atoms with E-state index in [4.69, 9.17) is 0 Å². The first-order valence-corrected chi connectivity index (χ1v) is 8.37. The fraction of sp³-hybridized carbons (Fsp3) is 0.263. The van der Waals surface area contributed by atoms with Crippen LogP contribution in [0.4, 0.5) is 17.6 Å². The number of nitrogens with zero attached hydrogens (tertiary/aromatic N) is 4. The van der Waals surface area contributed by atoms with Crippen molar-refractivity contribution in [1.82, 2.24) is 19.9 Å². The van der Waals surface area contributed by atoms with Crippen LogP contribution < -0.4 is 10.6 Å². The molecule has 2 aromatic heterocycles. The van der Waals surface area contributed by atoms with Crippen LogP contribution in [0.5, 0.6) is 0 Å². The van der Waals surface area contributed by atoms with Gasteiger partial charge in [-0.25, -0.2) is 0 Å². The minimum absolute atomic E-state index is 0.250. The lowest BCUT2D eigenvalue weighted by Crippen LogP contribution is -2.23. The Balaban J connectivity index is 1.96. The summed E-state index contributed by atoms with van der Waals surface area (Å²) in [5.74, 6) is 2.16. The Bertz CT molecular complexity index is 805. The lowest BCUT2D eigenvalue weighted by molar-refractivity contribution is 0.556. The largest absolute Gasteiger partial charge is 0.351 e. The molecule has 6 heteroatoms. The average molecular weight is 334 g/mol. The van der Waals surface area contributed by atoms with Crippen LogP contribution in [0.3, 0.4) is 0 Å². The summed E-state index contributed by atoms with van der Waals surface area (Å²) >= 11 is 0. The second kappa shape index (κ2) is 7.70. The van der Waals surface area contributed by atoms with E-state index < -0.39 is 0 Å². The summed E-state index contributed by atoms with van der Waals surface area (Å²) in [7, 11) is 0. The number of rotatable bonds is 6. The van der Waals surface area contributed by atoms with Crippen LogP contribution in [0.1, 0.15) is 20.8 Å². The highest BCUT2D eigenvalue weighted by Gasteiger charge is 2.12. The van der Waals surface area contributed by atoms with Crippen LogP contribution >= 0.6 is 0 Å². The van der Waals surface area contributed by atoms with E-state index in [2.05, 4.69) is 51.3 Å². The summed E-state index contributed by atoms with van der Waals surface area (Å²) in [6, 6.07) is 13.9. The van der Waals surface area contributed by atoms with Crippen molar-refractivity contribution < 1.29 is 0 Å². The molecule has 1 aromatic carbocycles. The lowest BCUT2D eigenvalue weighted by Gasteiger charge is -2.18. The van der Waals surface area contributed by atoms with Crippen molar-refractivity contribution in [3.8, 4) is 11.4 Å². The van der Waals surface area contributed by atoms with Gasteiger partial charge in [-0.3, -0.25) is 4.98 Å². The van der Waals surface area contributed by atoms with Crippen LogP contribution in [-0.2, 0) is 0 Å². The zero-order valence-corrected chi connectivity index (χ0v) is 14.6. The molecule has 3 aromatic rings. The molecule has 0 saturated heterocycles. The van der Waals surface area contributed by atoms with Gasteiger partial charge >= 0.3 is 0 Å². The van der Waals surface area contributed by atoms with E-state index in [0.29, 0.717) is 23.6 Å². The summed E-state index contributed by atoms with van der Waals surface area (Å²) in [6.07, 6.45) is 3.45. The Hall–Kier alpha value is -3.02. The quantitative estimate of drug-likeness (QED) is 0.706. The van der Waals surface area contributed by atoms with Gasteiger partial charge in [0.15, 0.2) is 5.82 Å². The fourth-order valence-corrected chi connectivity index (χ4v) is 2.15. The topological polar surface area (TPSA) is 75.6 Å². The lowest BCUT2D eigenvalue weighted by atomic mass is 10.1. The minimum atomic E-state index is 0.250. The maximum atomic E-state index is 4.58. The van der Waals surface area contributed by atoms with Gasteiger partial charge in [0.05, 0.1) is 0 Å². The van der Waals surface area contributed by atoms with E-state index in [1.165, 1.54) is 0 Å². The smallest absolute Gasteiger partial charge is 0.232 e. The normalized spacial score (nSPS) is 12.0. The molecular formula is C19H22N6. The summed E-state index contributed by atoms with van der Waals surface area (Å²) in [5, 5.41) is 6.58. The molecule has 128 valence electrons. The van der Waals surface area contributed by atoms with Gasteiger partial charge in [0, 0.05) is 29.7 Å². The first-order chi connectivity index (χ1) is 12.1. The van der Waals surface area contributed by atoms with Crippen molar-refractivity contribution in [3.05, 3.63) is 54.9 Å². The molecule has 0 aliphatic heterocycles. The molecule has 0 radical (unpaired) electrons. The number of hydrogen-bond acceptors (Lipinski definition) is 6. The molecule has 0 aliphatic carbocycles. The fourth-order valence-electron chi connectivity index (χ4n) is 2.15. The van der Waals surface area contributed by atoms with E-state index in [0.717, 1.165) is 11.3 Å². The third kappa shape index (κ3) is 4.50. The number of nitrogens with one attached hydrogen (secondary N) is 2. The van der Waals surface area contributed by atoms with E-state index >= 15 is 0 Å². The number of pyridine rings is 1. The predicted molar refractivity (Wildman–Crippen MR) is 101 cm³/mol. The maximum Gasteiger partial charge on any atom is 0.232 e.